The quantitative estimate of drug-likeness (QED) is 0.151. The van der Waals surface area contributed by atoms with Gasteiger partial charge in [0, 0.05) is 33.4 Å². The number of benzene rings is 9. The van der Waals surface area contributed by atoms with Gasteiger partial charge in [0.25, 0.3) is 0 Å². The summed E-state index contributed by atoms with van der Waals surface area (Å²) in [6.45, 7) is 0. The monoisotopic (exact) mass is 726 g/mol. The van der Waals surface area contributed by atoms with Gasteiger partial charge in [0.2, 0.25) is 0 Å². The van der Waals surface area contributed by atoms with Crippen molar-refractivity contribution < 1.29 is 16.4 Å². The molecule has 0 aliphatic rings. The van der Waals surface area contributed by atoms with Gasteiger partial charge in [-0.1, -0.05) is 170 Å². The zero-order valence-corrected chi connectivity index (χ0v) is 29.9. The maximum absolute atomic E-state index is 9.63. The summed E-state index contributed by atoms with van der Waals surface area (Å²) in [6.07, 6.45) is 0. The zero-order valence-electron chi connectivity index (χ0n) is 41.9. The van der Waals surface area contributed by atoms with Crippen molar-refractivity contribution in [1.82, 2.24) is 4.57 Å². The van der Waals surface area contributed by atoms with Gasteiger partial charge in [-0.3, -0.25) is 0 Å². The van der Waals surface area contributed by atoms with Crippen molar-refractivity contribution in [3.05, 3.63) is 230 Å². The lowest BCUT2D eigenvalue weighted by atomic mass is 9.97. The fourth-order valence-corrected chi connectivity index (χ4v) is 7.17. The highest BCUT2D eigenvalue weighted by atomic mass is 15.1. The van der Waals surface area contributed by atoms with Crippen LogP contribution in [0.4, 0.5) is 17.1 Å². The van der Waals surface area contributed by atoms with Crippen LogP contribution in [0.15, 0.2) is 230 Å². The Hall–Kier alpha value is -7.42. The van der Waals surface area contributed by atoms with Crippen molar-refractivity contribution in [2.75, 3.05) is 4.90 Å². The second-order valence-corrected chi connectivity index (χ2v) is 13.2. The minimum Gasteiger partial charge on any atom is -0.311 e. The van der Waals surface area contributed by atoms with E-state index in [9.17, 15) is 16.4 Å². The van der Waals surface area contributed by atoms with Crippen molar-refractivity contribution in [1.29, 1.82) is 0 Å². The minimum atomic E-state index is -0.676. The molecule has 264 valence electrons. The predicted octanol–water partition coefficient (Wildman–Crippen LogP) is 14.9. The average molecular weight is 727 g/mol. The molecule has 2 heteroatoms. The van der Waals surface area contributed by atoms with Gasteiger partial charge in [-0.2, -0.15) is 0 Å². The van der Waals surface area contributed by atoms with Crippen LogP contribution in [0.3, 0.4) is 0 Å². The lowest BCUT2D eigenvalue weighted by Gasteiger charge is -2.26. The van der Waals surface area contributed by atoms with E-state index in [1.807, 2.05) is 54.6 Å². The van der Waals surface area contributed by atoms with Crippen LogP contribution in [0.25, 0.3) is 72.0 Å². The Morgan fingerprint density at radius 2 is 0.714 bits per heavy atom. The molecule has 0 fully saturated rings. The van der Waals surface area contributed by atoms with E-state index in [1.54, 1.807) is 78.9 Å². The first-order chi connectivity index (χ1) is 32.8. The van der Waals surface area contributed by atoms with E-state index < -0.39 is 89.6 Å². The van der Waals surface area contributed by atoms with Gasteiger partial charge in [-0.15, -0.1) is 0 Å². The van der Waals surface area contributed by atoms with Crippen LogP contribution in [0.5, 0.6) is 0 Å². The molecule has 9 aromatic carbocycles. The van der Waals surface area contributed by atoms with E-state index in [1.165, 1.54) is 0 Å². The van der Waals surface area contributed by atoms with Crippen LogP contribution in [-0.4, -0.2) is 4.57 Å². The van der Waals surface area contributed by atoms with E-state index in [0.29, 0.717) is 16.7 Å². The number of fused-ring (bicyclic) bond motifs is 3. The first kappa shape index (κ1) is 22.7. The highest BCUT2D eigenvalue weighted by Crippen LogP contribution is 2.40. The maximum Gasteiger partial charge on any atom is 0.0645 e. The smallest absolute Gasteiger partial charge is 0.0645 e. The molecule has 0 unspecified atom stereocenters. The Kier molecular flexibility index (Phi) is 5.85. The van der Waals surface area contributed by atoms with Crippen molar-refractivity contribution in [2.24, 2.45) is 0 Å². The second-order valence-electron chi connectivity index (χ2n) is 13.2. The van der Waals surface area contributed by atoms with Gasteiger partial charge >= 0.3 is 0 Å². The summed E-state index contributed by atoms with van der Waals surface area (Å²) in [7, 11) is 0. The highest BCUT2D eigenvalue weighted by Gasteiger charge is 2.17. The first-order valence-electron chi connectivity index (χ1n) is 24.2. The van der Waals surface area contributed by atoms with Gasteiger partial charge in [0.15, 0.2) is 0 Å². The van der Waals surface area contributed by atoms with Crippen LogP contribution >= 0.6 is 0 Å². The van der Waals surface area contributed by atoms with Gasteiger partial charge in [0.05, 0.1) is 33.2 Å². The molecule has 0 spiro atoms. The van der Waals surface area contributed by atoms with E-state index >= 15 is 0 Å². The third-order valence-electron chi connectivity index (χ3n) is 9.82. The van der Waals surface area contributed by atoms with Gasteiger partial charge in [0.1, 0.15) is 0 Å². The molecule has 0 saturated heterocycles. The van der Waals surface area contributed by atoms with Crippen molar-refractivity contribution >= 4 is 38.9 Å². The molecule has 0 bridgehead atoms. The largest absolute Gasteiger partial charge is 0.311 e. The second kappa shape index (κ2) is 14.4. The Morgan fingerprint density at radius 3 is 1.23 bits per heavy atom. The van der Waals surface area contributed by atoms with Gasteiger partial charge in [-0.25, -0.2) is 0 Å². The summed E-state index contributed by atoms with van der Waals surface area (Å²) in [5.41, 5.74) is 3.67. The number of hydrogen-bond donors (Lipinski definition) is 0. The number of anilines is 3. The van der Waals surface area contributed by atoms with Crippen molar-refractivity contribution in [3.8, 4) is 50.2 Å². The van der Waals surface area contributed by atoms with Crippen LogP contribution in [0.1, 0.15) is 16.4 Å². The topological polar surface area (TPSA) is 8.17 Å². The van der Waals surface area contributed by atoms with Crippen LogP contribution in [0, 0.1) is 0 Å². The number of para-hydroxylation sites is 3. The lowest BCUT2D eigenvalue weighted by molar-refractivity contribution is 1.18. The SMILES string of the molecule is [2H]c1c([2H])c(N(c2c([2H])c([2H])c(-c3ccccc3)c([2H])c2[2H])c2c([2H])c([2H])c(-c3cccc(-c4ccccc4-n4c5ccccc5c5ccccc54)c3)c([2H])c2[2H])c([2H])c([2H])c1-c1ccccc1. The van der Waals surface area contributed by atoms with Gasteiger partial charge < -0.3 is 9.47 Å². The van der Waals surface area contributed by atoms with E-state index in [0.717, 1.165) is 43.5 Å². The Bertz CT molecular complexity index is 3420. The number of nitrogens with zero attached hydrogens (tertiary/aromatic N) is 2. The molecule has 0 radical (unpaired) electrons. The Labute approximate surface area is 344 Å². The molecule has 10 rings (SSSR count). The minimum absolute atomic E-state index is 0.0437. The molecule has 1 heterocycles. The molecule has 0 amide bonds. The number of hydrogen-bond acceptors (Lipinski definition) is 1. The number of rotatable bonds is 8. The summed E-state index contributed by atoms with van der Waals surface area (Å²) in [5, 5.41) is 2.18. The molecule has 0 atom stereocenters. The molecule has 0 aliphatic carbocycles. The van der Waals surface area contributed by atoms with Crippen LogP contribution in [-0.2, 0) is 0 Å². The summed E-state index contributed by atoms with van der Waals surface area (Å²) < 4.78 is 115. The summed E-state index contributed by atoms with van der Waals surface area (Å²) in [4.78, 5) is 0.841. The third kappa shape index (κ3) is 6.14. The lowest BCUT2D eigenvalue weighted by Crippen LogP contribution is -2.09. The molecule has 56 heavy (non-hydrogen) atoms. The number of aromatic nitrogens is 1. The van der Waals surface area contributed by atoms with Gasteiger partial charge in [-0.05, 0) is 99.5 Å². The Morgan fingerprint density at radius 1 is 0.321 bits per heavy atom. The Balaban J connectivity index is 1.20. The van der Waals surface area contributed by atoms with E-state index in [4.69, 9.17) is 0 Å². The summed E-state index contributed by atoms with van der Waals surface area (Å²) in [6, 6.07) is 41.1. The molecule has 10 aromatic rings. The standard InChI is InChI=1S/C54H38N2/c1-3-14-39(15-4-1)41-26-32-46(33-27-41)55(47-34-28-42(29-35-47)40-16-5-2-6-17-40)48-36-30-43(31-37-48)44-18-13-19-45(38-44)49-20-7-10-23-52(49)56-53-24-11-8-21-50(53)51-22-9-12-25-54(51)56/h1-38H/i26D,27D,28D,29D,30D,31D,32D,33D,34D,35D,36D,37D. The summed E-state index contributed by atoms with van der Waals surface area (Å²) in [5.74, 6) is 0. The maximum atomic E-state index is 9.63. The first-order valence-corrected chi connectivity index (χ1v) is 18.2. The van der Waals surface area contributed by atoms with Crippen LogP contribution < -0.4 is 4.90 Å². The highest BCUT2D eigenvalue weighted by molar-refractivity contribution is 6.09. The molecule has 0 saturated carbocycles. The molecule has 0 N–H and O–H groups in total. The fourth-order valence-electron chi connectivity index (χ4n) is 7.17. The normalized spacial score (nSPS) is 14.2. The fraction of sp³-hybridized carbons (Fsp3) is 0. The molecule has 2 nitrogen and oxygen atoms in total. The molecular weight excluding hydrogens is 677 g/mol. The molecule has 0 aliphatic heterocycles. The van der Waals surface area contributed by atoms with Crippen molar-refractivity contribution in [2.45, 2.75) is 0 Å². The zero-order chi connectivity index (χ0) is 47.7. The molecule has 1 aromatic heterocycles. The predicted molar refractivity (Wildman–Crippen MR) is 237 cm³/mol. The third-order valence-corrected chi connectivity index (χ3v) is 9.82. The van der Waals surface area contributed by atoms with E-state index in [-0.39, 0.29) is 16.7 Å². The van der Waals surface area contributed by atoms with Crippen LogP contribution in [0.2, 0.25) is 0 Å². The average Bonchev–Trinajstić information content (AvgIpc) is 3.70. The molecular formula is C54H38N2. The summed E-state index contributed by atoms with van der Waals surface area (Å²) >= 11 is 0. The van der Waals surface area contributed by atoms with E-state index in [2.05, 4.69) is 28.8 Å². The van der Waals surface area contributed by atoms with Crippen molar-refractivity contribution in [3.63, 3.8) is 0 Å².